The van der Waals surface area contributed by atoms with Gasteiger partial charge in [-0.15, -0.1) is 0 Å². The van der Waals surface area contributed by atoms with Gasteiger partial charge in [-0.1, -0.05) is 12.1 Å². The molecule has 1 fully saturated rings. The average Bonchev–Trinajstić information content (AvgIpc) is 3.09. The normalized spacial score (nSPS) is 16.3. The van der Waals surface area contributed by atoms with E-state index in [-0.39, 0.29) is 12.5 Å². The van der Waals surface area contributed by atoms with E-state index in [1.165, 1.54) is 38.6 Å². The summed E-state index contributed by atoms with van der Waals surface area (Å²) in [5.74, 6) is 0.811. The second kappa shape index (κ2) is 9.53. The van der Waals surface area contributed by atoms with Gasteiger partial charge in [0.2, 0.25) is 5.91 Å². The van der Waals surface area contributed by atoms with Crippen LogP contribution in [-0.4, -0.2) is 50.8 Å². The van der Waals surface area contributed by atoms with Crippen LogP contribution < -0.4 is 10.1 Å². The van der Waals surface area contributed by atoms with Gasteiger partial charge in [0.1, 0.15) is 12.4 Å². The molecule has 1 N–H and O–H groups in total. The highest BCUT2D eigenvalue weighted by Crippen LogP contribution is 2.26. The number of carbonyl (C=O) groups is 1. The standard InChI is InChI=1S/C18H28N2O3/c1-15(20-10-3-4-11-20)16-7-5-8-17(13-16)23-12-6-9-19-18(21)14-22-2/h5,7-8,13,15H,3-4,6,9-12,14H2,1-2H3,(H,19,21). The monoisotopic (exact) mass is 320 g/mol. The first-order valence-corrected chi connectivity index (χ1v) is 8.43. The highest BCUT2D eigenvalue weighted by molar-refractivity contribution is 5.77. The summed E-state index contributed by atoms with van der Waals surface area (Å²) in [7, 11) is 1.51. The van der Waals surface area contributed by atoms with E-state index in [0.717, 1.165) is 12.2 Å². The van der Waals surface area contributed by atoms with E-state index >= 15 is 0 Å². The SMILES string of the molecule is COCC(=O)NCCCOc1cccc(C(C)N2CCCC2)c1. The smallest absolute Gasteiger partial charge is 0.245 e. The zero-order chi connectivity index (χ0) is 16.5. The van der Waals surface area contributed by atoms with Crippen LogP contribution in [0.5, 0.6) is 5.75 Å². The Morgan fingerprint density at radius 1 is 1.35 bits per heavy atom. The van der Waals surface area contributed by atoms with Crippen LogP contribution in [0.4, 0.5) is 0 Å². The maximum Gasteiger partial charge on any atom is 0.245 e. The van der Waals surface area contributed by atoms with Gasteiger partial charge in [-0.2, -0.15) is 0 Å². The summed E-state index contributed by atoms with van der Waals surface area (Å²) in [5, 5.41) is 2.79. The van der Waals surface area contributed by atoms with Crippen LogP contribution in [0.25, 0.3) is 0 Å². The second-order valence-corrected chi connectivity index (χ2v) is 5.98. The molecule has 2 rings (SSSR count). The van der Waals surface area contributed by atoms with Gasteiger partial charge in [0.25, 0.3) is 0 Å². The van der Waals surface area contributed by atoms with Crippen LogP contribution in [-0.2, 0) is 9.53 Å². The Labute approximate surface area is 139 Å². The molecular formula is C18H28N2O3. The zero-order valence-electron chi connectivity index (χ0n) is 14.2. The van der Waals surface area contributed by atoms with Crippen molar-refractivity contribution < 1.29 is 14.3 Å². The van der Waals surface area contributed by atoms with E-state index in [4.69, 9.17) is 9.47 Å². The van der Waals surface area contributed by atoms with E-state index in [1.54, 1.807) is 0 Å². The van der Waals surface area contributed by atoms with E-state index in [1.807, 2.05) is 6.07 Å². The molecule has 1 aromatic carbocycles. The predicted molar refractivity (Wildman–Crippen MR) is 90.7 cm³/mol. The lowest BCUT2D eigenvalue weighted by atomic mass is 10.1. The Morgan fingerprint density at radius 2 is 2.13 bits per heavy atom. The van der Waals surface area contributed by atoms with Crippen molar-refractivity contribution in [3.05, 3.63) is 29.8 Å². The van der Waals surface area contributed by atoms with Crippen LogP contribution in [0.3, 0.4) is 0 Å². The number of nitrogens with zero attached hydrogens (tertiary/aromatic N) is 1. The topological polar surface area (TPSA) is 50.8 Å². The maximum absolute atomic E-state index is 11.2. The Hall–Kier alpha value is -1.59. The van der Waals surface area contributed by atoms with Crippen molar-refractivity contribution in [1.29, 1.82) is 0 Å². The molecule has 5 nitrogen and oxygen atoms in total. The first kappa shape index (κ1) is 17.8. The molecule has 5 heteroatoms. The molecule has 1 saturated heterocycles. The van der Waals surface area contributed by atoms with Crippen molar-refractivity contribution in [2.75, 3.05) is 40.0 Å². The number of ether oxygens (including phenoxy) is 2. The van der Waals surface area contributed by atoms with Crippen molar-refractivity contribution in [2.24, 2.45) is 0 Å². The third kappa shape index (κ3) is 5.84. The lowest BCUT2D eigenvalue weighted by Gasteiger charge is -2.24. The lowest BCUT2D eigenvalue weighted by molar-refractivity contribution is -0.124. The Balaban J connectivity index is 1.73. The van der Waals surface area contributed by atoms with Crippen molar-refractivity contribution >= 4 is 5.91 Å². The van der Waals surface area contributed by atoms with Crippen LogP contribution in [0.15, 0.2) is 24.3 Å². The van der Waals surface area contributed by atoms with Crippen molar-refractivity contribution in [2.45, 2.75) is 32.2 Å². The molecule has 1 atom stereocenters. The summed E-state index contributed by atoms with van der Waals surface area (Å²) in [5.41, 5.74) is 1.30. The largest absolute Gasteiger partial charge is 0.494 e. The Morgan fingerprint density at radius 3 is 2.87 bits per heavy atom. The van der Waals surface area contributed by atoms with E-state index in [2.05, 4.69) is 35.3 Å². The minimum Gasteiger partial charge on any atom is -0.494 e. The van der Waals surface area contributed by atoms with Gasteiger partial charge < -0.3 is 14.8 Å². The lowest BCUT2D eigenvalue weighted by Crippen LogP contribution is -2.28. The molecule has 0 bridgehead atoms. The fourth-order valence-corrected chi connectivity index (χ4v) is 2.88. The number of hydrogen-bond acceptors (Lipinski definition) is 4. The number of amides is 1. The van der Waals surface area contributed by atoms with Gasteiger partial charge in [-0.3, -0.25) is 9.69 Å². The molecule has 1 aromatic rings. The van der Waals surface area contributed by atoms with Crippen molar-refractivity contribution in [3.63, 3.8) is 0 Å². The molecule has 1 aliphatic rings. The molecule has 0 aromatic heterocycles. The van der Waals surface area contributed by atoms with Crippen molar-refractivity contribution in [1.82, 2.24) is 10.2 Å². The highest BCUT2D eigenvalue weighted by atomic mass is 16.5. The van der Waals surface area contributed by atoms with Crippen LogP contribution in [0.1, 0.15) is 37.8 Å². The summed E-state index contributed by atoms with van der Waals surface area (Å²) in [6, 6.07) is 8.78. The molecule has 1 aliphatic heterocycles. The summed E-state index contributed by atoms with van der Waals surface area (Å²) in [6.07, 6.45) is 3.38. The molecule has 0 aliphatic carbocycles. The molecular weight excluding hydrogens is 292 g/mol. The van der Waals surface area contributed by atoms with E-state index in [9.17, 15) is 4.79 Å². The molecule has 23 heavy (non-hydrogen) atoms. The first-order valence-electron chi connectivity index (χ1n) is 8.43. The zero-order valence-corrected chi connectivity index (χ0v) is 14.2. The van der Waals surface area contributed by atoms with Crippen molar-refractivity contribution in [3.8, 4) is 5.75 Å². The number of nitrogens with one attached hydrogen (secondary N) is 1. The summed E-state index contributed by atoms with van der Waals surface area (Å²) in [6.45, 7) is 5.94. The highest BCUT2D eigenvalue weighted by Gasteiger charge is 2.19. The number of benzene rings is 1. The maximum atomic E-state index is 11.2. The number of carbonyl (C=O) groups excluding carboxylic acids is 1. The van der Waals surface area contributed by atoms with Crippen LogP contribution in [0.2, 0.25) is 0 Å². The van der Waals surface area contributed by atoms with Gasteiger partial charge in [0.15, 0.2) is 0 Å². The Bertz CT molecular complexity index is 487. The van der Waals surface area contributed by atoms with Gasteiger partial charge in [-0.25, -0.2) is 0 Å². The number of likely N-dealkylation sites (tertiary alicyclic amines) is 1. The third-order valence-corrected chi connectivity index (χ3v) is 4.22. The summed E-state index contributed by atoms with van der Waals surface area (Å²) in [4.78, 5) is 13.8. The molecule has 0 spiro atoms. The fourth-order valence-electron chi connectivity index (χ4n) is 2.88. The summed E-state index contributed by atoms with van der Waals surface area (Å²) >= 11 is 0. The molecule has 128 valence electrons. The molecule has 1 amide bonds. The first-order chi connectivity index (χ1) is 11.2. The van der Waals surface area contributed by atoms with Gasteiger partial charge >= 0.3 is 0 Å². The number of methoxy groups -OCH3 is 1. The minimum absolute atomic E-state index is 0.0889. The Kier molecular flexibility index (Phi) is 7.36. The third-order valence-electron chi connectivity index (χ3n) is 4.22. The number of rotatable bonds is 9. The van der Waals surface area contributed by atoms with Gasteiger partial charge in [-0.05, 0) is 57.0 Å². The molecule has 0 saturated carbocycles. The quantitative estimate of drug-likeness (QED) is 0.710. The minimum atomic E-state index is -0.0889. The number of hydrogen-bond donors (Lipinski definition) is 1. The summed E-state index contributed by atoms with van der Waals surface area (Å²) < 4.78 is 10.6. The van der Waals surface area contributed by atoms with Gasteiger partial charge in [0.05, 0.1) is 6.61 Å². The predicted octanol–water partition coefficient (Wildman–Crippen LogP) is 2.37. The van der Waals surface area contributed by atoms with E-state index < -0.39 is 0 Å². The fraction of sp³-hybridized carbons (Fsp3) is 0.611. The molecule has 0 radical (unpaired) electrons. The molecule has 1 unspecified atom stereocenters. The van der Waals surface area contributed by atoms with E-state index in [0.29, 0.717) is 19.2 Å². The average molecular weight is 320 g/mol. The molecule has 1 heterocycles. The second-order valence-electron chi connectivity index (χ2n) is 5.98. The van der Waals surface area contributed by atoms with Crippen LogP contribution in [0, 0.1) is 0 Å². The van der Waals surface area contributed by atoms with Crippen LogP contribution >= 0.6 is 0 Å². The van der Waals surface area contributed by atoms with Gasteiger partial charge in [0, 0.05) is 19.7 Å².